The Labute approximate surface area is 538 Å². The van der Waals surface area contributed by atoms with Gasteiger partial charge in [-0.15, -0.1) is 5.70 Å². The van der Waals surface area contributed by atoms with Crippen molar-refractivity contribution in [3.05, 3.63) is 196 Å². The summed E-state index contributed by atoms with van der Waals surface area (Å²) in [6.45, 7) is 29.0. The molecule has 3 unspecified atom stereocenters. The van der Waals surface area contributed by atoms with Gasteiger partial charge in [0.15, 0.2) is 0 Å². The number of fused-ring (bicyclic) bond motifs is 5. The molecular formula is C74H93ClN4O8Zn. The zero-order valence-electron chi connectivity index (χ0n) is 54.2. The molecule has 3 fully saturated rings. The van der Waals surface area contributed by atoms with Crippen LogP contribution in [0.3, 0.4) is 0 Å². The third kappa shape index (κ3) is 15.9. The molecule has 88 heavy (non-hydrogen) atoms. The molecule has 4 aromatic carbocycles. The molecule has 7 aliphatic rings. The van der Waals surface area contributed by atoms with Crippen molar-refractivity contribution in [3.63, 3.8) is 0 Å². The van der Waals surface area contributed by atoms with E-state index in [1.54, 1.807) is 0 Å². The Morgan fingerprint density at radius 2 is 0.989 bits per heavy atom. The number of allylic oxidation sites excluding steroid dienone is 5. The number of halogens is 1. The van der Waals surface area contributed by atoms with Crippen molar-refractivity contribution in [2.24, 2.45) is 36.6 Å². The first-order valence-electron chi connectivity index (χ1n) is 31.8. The number of ether oxygens (including phenoxy) is 8. The summed E-state index contributed by atoms with van der Waals surface area (Å²) in [4.78, 5) is 17.1. The van der Waals surface area contributed by atoms with Crippen molar-refractivity contribution in [1.82, 2.24) is 0 Å². The second-order valence-electron chi connectivity index (χ2n) is 28.5. The molecule has 7 heterocycles. The number of nitrogens with zero attached hydrogens (tertiary/aromatic N) is 4. The Bertz CT molecular complexity index is 3230. The zero-order valence-corrected chi connectivity index (χ0v) is 57.9. The summed E-state index contributed by atoms with van der Waals surface area (Å²) in [5, 5.41) is 5.66. The van der Waals surface area contributed by atoms with Gasteiger partial charge in [0, 0.05) is 59.0 Å². The molecule has 12 nitrogen and oxygen atoms in total. The van der Waals surface area contributed by atoms with Crippen LogP contribution in [0, 0.1) is 21.7 Å². The van der Waals surface area contributed by atoms with E-state index < -0.39 is 27.8 Å². The monoisotopic (exact) mass is 1260 g/mol. The van der Waals surface area contributed by atoms with E-state index in [4.69, 9.17) is 67.9 Å². The first-order chi connectivity index (χ1) is 42.0. The molecule has 0 N–H and O–H groups in total. The fraction of sp³-hybridized carbons (Fsp3) is 0.527. The van der Waals surface area contributed by atoms with Gasteiger partial charge in [-0.05, 0) is 108 Å². The molecule has 0 aliphatic carbocycles. The van der Waals surface area contributed by atoms with Crippen LogP contribution in [0.5, 0.6) is 0 Å². The summed E-state index contributed by atoms with van der Waals surface area (Å²) >= 11 is 0.847. The van der Waals surface area contributed by atoms with E-state index in [2.05, 4.69) is 204 Å². The molecule has 3 saturated heterocycles. The summed E-state index contributed by atoms with van der Waals surface area (Å²) in [5.41, 5.74) is 8.05. The second kappa shape index (κ2) is 28.0. The Balaban J connectivity index is 0.00000423. The Hall–Kier alpha value is -4.76. The van der Waals surface area contributed by atoms with E-state index in [-0.39, 0.29) is 60.0 Å². The Morgan fingerprint density at radius 3 is 1.48 bits per heavy atom. The number of benzene rings is 4. The first-order valence-corrected chi connectivity index (χ1v) is 35.7. The molecular weight excluding hydrogens is 1170 g/mol. The molecule has 7 aliphatic heterocycles. The van der Waals surface area contributed by atoms with Crippen molar-refractivity contribution in [1.29, 1.82) is 0 Å². The van der Waals surface area contributed by atoms with Crippen molar-refractivity contribution in [2.75, 3.05) is 13.2 Å². The summed E-state index contributed by atoms with van der Waals surface area (Å²) in [6.07, 6.45) is 10.7. The molecule has 8 bridgehead atoms. The van der Waals surface area contributed by atoms with Crippen molar-refractivity contribution >= 4 is 26.8 Å². The summed E-state index contributed by atoms with van der Waals surface area (Å²) in [7, 11) is 4.76. The SMILES string of the molecule is C[C@H]1O[C@@H]([C@]2(C)CC3=NC/2=C\C2=NC(=C\C4=NC(/C=C5/CC(C)(COC(C)(C)C)/C(=C/3)[N-]5)[C@](C)([C@@H]3O[C@H](C)[C@H](OCc5ccccc5)C[C@H]3OCc3ccccc3)C4)/CC2(C)COC(C)(C)C)[C@H](OCc2ccccc2)C[C@H]1OCc1ccccc1.[Cl][Zn+]. The number of aliphatic imine (C=N–C) groups is 3. The Morgan fingerprint density at radius 1 is 0.534 bits per heavy atom. The van der Waals surface area contributed by atoms with Crippen LogP contribution in [0.1, 0.15) is 144 Å². The standard InChI is InChI=1S/C74H93N4O8.ClH.Zn/c1-49-59(79-43-51-25-17-13-18-26-51)36-61(81-45-53-29-21-15-22-30-53)67(85-49)73(11)41-56-33-55-39-72(10,48-84-70(6,7)8)64(75-55)38-66-74(12,42-58(78-66)34-63-71(9,47-83-69(3,4)5)40-57(76-63)35-65(73)77-56)68-62(82-46-54-31-23-16-24-32-54)37-60(50(2)86-68)80-44-52-27-19-14-20-28-52;;/h13-35,38,49-50,59-62,65,67-68H,36-37,39-48H2,1-12H3;1H;/q-1;;+2/p-1/b55-33-,57-35-,63-34-,66-38-;;/t49-,50-,59-,60-,61-,62-,65?,67-,68-,71?,72?,73-,74-;;/m1../s1. The van der Waals surface area contributed by atoms with E-state index in [0.717, 1.165) is 79.5 Å². The minimum absolute atomic E-state index is 0.183. The van der Waals surface area contributed by atoms with Crippen LogP contribution in [0.4, 0.5) is 0 Å². The van der Waals surface area contributed by atoms with Gasteiger partial charge in [0.1, 0.15) is 0 Å². The average Bonchev–Trinajstić information content (AvgIpc) is 1.77. The van der Waals surface area contributed by atoms with Gasteiger partial charge in [0.25, 0.3) is 0 Å². The predicted molar refractivity (Wildman–Crippen MR) is 348 cm³/mol. The topological polar surface area (TPSA) is 125 Å². The molecule has 0 aromatic heterocycles. The number of hydrogen-bond acceptors (Lipinski definition) is 11. The maximum absolute atomic E-state index is 7.39. The normalized spacial score (nSPS) is 34.5. The number of rotatable bonds is 18. The van der Waals surface area contributed by atoms with E-state index in [9.17, 15) is 0 Å². The summed E-state index contributed by atoms with van der Waals surface area (Å²) < 4.78 is 56.0. The maximum atomic E-state index is 7.39. The molecule has 0 amide bonds. The van der Waals surface area contributed by atoms with Crippen LogP contribution in [-0.2, 0) is 81.6 Å². The van der Waals surface area contributed by atoms with Gasteiger partial charge in [-0.25, -0.2) is 0 Å². The van der Waals surface area contributed by atoms with Gasteiger partial charge in [-0.3, -0.25) is 15.0 Å². The average molecular weight is 1270 g/mol. The number of hydrogen-bond donors (Lipinski definition) is 0. The molecule has 466 valence electrons. The van der Waals surface area contributed by atoms with Gasteiger partial charge in [0.2, 0.25) is 0 Å². The molecule has 13 atom stereocenters. The van der Waals surface area contributed by atoms with E-state index in [1.807, 2.05) is 24.3 Å². The van der Waals surface area contributed by atoms with Gasteiger partial charge in [-0.2, -0.15) is 5.70 Å². The quantitative estimate of drug-likeness (QED) is 0.0902. The van der Waals surface area contributed by atoms with Crippen LogP contribution < -0.4 is 0 Å². The van der Waals surface area contributed by atoms with Crippen molar-refractivity contribution in [2.45, 2.75) is 214 Å². The second-order valence-corrected chi connectivity index (χ2v) is 28.5. The fourth-order valence-corrected chi connectivity index (χ4v) is 13.5. The molecule has 0 spiro atoms. The van der Waals surface area contributed by atoms with Gasteiger partial charge in [-0.1, -0.05) is 161 Å². The van der Waals surface area contributed by atoms with Gasteiger partial charge >= 0.3 is 27.0 Å². The third-order valence-electron chi connectivity index (χ3n) is 18.6. The molecule has 0 radical (unpaired) electrons. The third-order valence-corrected chi connectivity index (χ3v) is 18.6. The van der Waals surface area contributed by atoms with Crippen LogP contribution in [0.25, 0.3) is 5.32 Å². The molecule has 14 heteroatoms. The zero-order chi connectivity index (χ0) is 62.5. The van der Waals surface area contributed by atoms with Gasteiger partial charge in [0.05, 0.1) is 117 Å². The molecule has 11 rings (SSSR count). The van der Waals surface area contributed by atoms with E-state index in [0.29, 0.717) is 78.2 Å². The van der Waals surface area contributed by atoms with E-state index >= 15 is 0 Å². The van der Waals surface area contributed by atoms with Crippen LogP contribution in [0.15, 0.2) is 183 Å². The van der Waals surface area contributed by atoms with Crippen LogP contribution in [0.2, 0.25) is 0 Å². The summed E-state index contributed by atoms with van der Waals surface area (Å²) in [6, 6.07) is 41.3. The van der Waals surface area contributed by atoms with Crippen molar-refractivity contribution in [3.8, 4) is 0 Å². The first kappa shape index (κ1) is 66.2. The molecule has 4 aromatic rings. The predicted octanol–water partition coefficient (Wildman–Crippen LogP) is 16.3. The van der Waals surface area contributed by atoms with Crippen molar-refractivity contribution < 1.29 is 55.2 Å². The van der Waals surface area contributed by atoms with Gasteiger partial charge < -0.3 is 43.2 Å². The van der Waals surface area contributed by atoms with Crippen LogP contribution >= 0.6 is 9.69 Å². The summed E-state index contributed by atoms with van der Waals surface area (Å²) in [5.74, 6) is 0. The van der Waals surface area contributed by atoms with E-state index in [1.165, 1.54) is 0 Å². The fourth-order valence-electron chi connectivity index (χ4n) is 13.5. The minimum atomic E-state index is -0.663. The Kier molecular flexibility index (Phi) is 21.1. The molecule has 0 saturated carbocycles. The van der Waals surface area contributed by atoms with Crippen LogP contribution in [-0.4, -0.2) is 96.4 Å².